The van der Waals surface area contributed by atoms with Crippen LogP contribution in [-0.4, -0.2) is 57.2 Å². The molecule has 2 aromatic rings. The molecule has 2 aliphatic heterocycles. The van der Waals surface area contributed by atoms with E-state index in [0.717, 1.165) is 18.5 Å². The summed E-state index contributed by atoms with van der Waals surface area (Å²) in [7, 11) is 0. The van der Waals surface area contributed by atoms with Gasteiger partial charge < -0.3 is 14.4 Å². The molecule has 2 fully saturated rings. The average molecular weight is 340 g/mol. The maximum Gasteiger partial charge on any atom is 0.274 e. The minimum atomic E-state index is -0.287. The van der Waals surface area contributed by atoms with Gasteiger partial charge in [-0.2, -0.15) is 0 Å². The Bertz CT molecular complexity index is 720. The summed E-state index contributed by atoms with van der Waals surface area (Å²) in [5.74, 6) is -0.0983. The van der Waals surface area contributed by atoms with Crippen LogP contribution in [0.4, 0.5) is 0 Å². The monoisotopic (exact) mass is 340 g/mol. The van der Waals surface area contributed by atoms with Gasteiger partial charge in [0, 0.05) is 31.6 Å². The lowest BCUT2D eigenvalue weighted by atomic mass is 9.84. The number of likely N-dealkylation sites (tertiary alicyclic amines) is 1. The predicted octanol–water partition coefficient (Wildman–Crippen LogP) is 1.46. The number of rotatable bonds is 4. The minimum Gasteiger partial charge on any atom is -0.372 e. The molecular formula is C18H20N4O3. The summed E-state index contributed by atoms with van der Waals surface area (Å²) in [5.41, 5.74) is 1.01. The summed E-state index contributed by atoms with van der Waals surface area (Å²) >= 11 is 0. The molecule has 4 heterocycles. The van der Waals surface area contributed by atoms with Crippen LogP contribution < -0.4 is 0 Å². The number of carbonyl (C=O) groups excluding carboxylic acids is 1. The lowest BCUT2D eigenvalue weighted by molar-refractivity contribution is -0.188. The average Bonchev–Trinajstić information content (AvgIpc) is 2.65. The Morgan fingerprint density at radius 3 is 2.96 bits per heavy atom. The number of ether oxygens (including phenoxy) is 2. The van der Waals surface area contributed by atoms with E-state index < -0.39 is 0 Å². The summed E-state index contributed by atoms with van der Waals surface area (Å²) in [5, 5.41) is 0. The number of hydrogen-bond acceptors (Lipinski definition) is 6. The van der Waals surface area contributed by atoms with Gasteiger partial charge in [-0.1, -0.05) is 6.07 Å². The van der Waals surface area contributed by atoms with E-state index in [0.29, 0.717) is 32.0 Å². The second kappa shape index (κ2) is 6.85. The molecule has 25 heavy (non-hydrogen) atoms. The molecule has 1 unspecified atom stereocenters. The number of hydrogen-bond donors (Lipinski definition) is 0. The van der Waals surface area contributed by atoms with Crippen molar-refractivity contribution in [3.8, 4) is 0 Å². The van der Waals surface area contributed by atoms with Crippen LogP contribution in [0.3, 0.4) is 0 Å². The van der Waals surface area contributed by atoms with Crippen molar-refractivity contribution >= 4 is 5.91 Å². The Morgan fingerprint density at radius 1 is 1.28 bits per heavy atom. The molecule has 1 spiro atoms. The highest BCUT2D eigenvalue weighted by Crippen LogP contribution is 2.36. The van der Waals surface area contributed by atoms with Gasteiger partial charge in [-0.05, 0) is 18.6 Å². The summed E-state index contributed by atoms with van der Waals surface area (Å²) in [6.07, 6.45) is 8.14. The molecule has 7 nitrogen and oxygen atoms in total. The zero-order valence-corrected chi connectivity index (χ0v) is 13.9. The highest BCUT2D eigenvalue weighted by atomic mass is 16.5. The fourth-order valence-corrected chi connectivity index (χ4v) is 3.40. The van der Waals surface area contributed by atoms with Crippen LogP contribution in [-0.2, 0) is 16.1 Å². The van der Waals surface area contributed by atoms with E-state index >= 15 is 0 Å². The summed E-state index contributed by atoms with van der Waals surface area (Å²) in [6, 6.07) is 5.81. The second-order valence-electron chi connectivity index (χ2n) is 6.53. The van der Waals surface area contributed by atoms with Crippen molar-refractivity contribution < 1.29 is 14.3 Å². The Morgan fingerprint density at radius 2 is 2.20 bits per heavy atom. The molecule has 0 N–H and O–H groups in total. The van der Waals surface area contributed by atoms with Gasteiger partial charge in [0.2, 0.25) is 0 Å². The van der Waals surface area contributed by atoms with Crippen LogP contribution in [0, 0.1) is 0 Å². The van der Waals surface area contributed by atoms with E-state index in [4.69, 9.17) is 9.47 Å². The van der Waals surface area contributed by atoms with E-state index in [9.17, 15) is 4.79 Å². The smallest absolute Gasteiger partial charge is 0.274 e. The van der Waals surface area contributed by atoms with Crippen LogP contribution in [0.5, 0.6) is 0 Å². The van der Waals surface area contributed by atoms with E-state index in [1.807, 2.05) is 18.2 Å². The maximum atomic E-state index is 12.4. The number of amides is 1. The Kier molecular flexibility index (Phi) is 4.42. The first-order chi connectivity index (χ1) is 12.2. The highest BCUT2D eigenvalue weighted by molar-refractivity contribution is 5.92. The van der Waals surface area contributed by atoms with Crippen molar-refractivity contribution in [2.45, 2.75) is 31.2 Å². The molecule has 2 saturated heterocycles. The standard InChI is InChI=1S/C18H20N4O3/c23-17(16-10-19-6-7-21-16)22-12-18(13-22)9-15(4-8-25-18)24-11-14-3-1-2-5-20-14/h1-3,5-7,10,15H,4,8-9,11-13H2. The Hall–Kier alpha value is -2.38. The van der Waals surface area contributed by atoms with Gasteiger partial charge in [0.15, 0.2) is 0 Å². The van der Waals surface area contributed by atoms with Gasteiger partial charge in [-0.3, -0.25) is 14.8 Å². The van der Waals surface area contributed by atoms with Gasteiger partial charge in [0.05, 0.1) is 37.7 Å². The van der Waals surface area contributed by atoms with Crippen LogP contribution in [0.25, 0.3) is 0 Å². The molecule has 0 bridgehead atoms. The van der Waals surface area contributed by atoms with Gasteiger partial charge >= 0.3 is 0 Å². The zero-order chi connectivity index (χ0) is 17.1. The van der Waals surface area contributed by atoms with Crippen molar-refractivity contribution in [2.24, 2.45) is 0 Å². The highest BCUT2D eigenvalue weighted by Gasteiger charge is 2.49. The normalized spacial score (nSPS) is 21.8. The lowest BCUT2D eigenvalue weighted by Crippen LogP contribution is -2.67. The molecule has 2 aromatic heterocycles. The molecule has 2 aliphatic rings. The number of aromatic nitrogens is 3. The van der Waals surface area contributed by atoms with Crippen LogP contribution in [0.15, 0.2) is 43.0 Å². The Labute approximate surface area is 146 Å². The summed E-state index contributed by atoms with van der Waals surface area (Å²) in [6.45, 7) is 2.31. The number of carbonyl (C=O) groups is 1. The first-order valence-electron chi connectivity index (χ1n) is 8.45. The SMILES string of the molecule is O=C(c1cnccn1)N1CC2(CC(OCc3ccccn3)CCO2)C1. The third-order valence-corrected chi connectivity index (χ3v) is 4.67. The first-order valence-corrected chi connectivity index (χ1v) is 8.45. The molecular weight excluding hydrogens is 320 g/mol. The topological polar surface area (TPSA) is 77.4 Å². The van der Waals surface area contributed by atoms with Gasteiger partial charge in [-0.15, -0.1) is 0 Å². The third kappa shape index (κ3) is 3.52. The summed E-state index contributed by atoms with van der Waals surface area (Å²) in [4.78, 5) is 26.4. The third-order valence-electron chi connectivity index (χ3n) is 4.67. The fraction of sp³-hybridized carbons (Fsp3) is 0.444. The predicted molar refractivity (Wildman–Crippen MR) is 88.7 cm³/mol. The molecule has 0 aromatic carbocycles. The van der Waals surface area contributed by atoms with Crippen molar-refractivity contribution in [2.75, 3.05) is 19.7 Å². The lowest BCUT2D eigenvalue weighted by Gasteiger charge is -2.52. The number of nitrogens with zero attached hydrogens (tertiary/aromatic N) is 4. The van der Waals surface area contributed by atoms with Gasteiger partial charge in [0.1, 0.15) is 11.3 Å². The quantitative estimate of drug-likeness (QED) is 0.839. The molecule has 1 atom stereocenters. The molecule has 130 valence electrons. The first kappa shape index (κ1) is 16.1. The molecule has 0 saturated carbocycles. The molecule has 0 radical (unpaired) electrons. The van der Waals surface area contributed by atoms with E-state index in [1.54, 1.807) is 17.3 Å². The van der Waals surface area contributed by atoms with Crippen molar-refractivity contribution in [1.82, 2.24) is 19.9 Å². The van der Waals surface area contributed by atoms with Crippen molar-refractivity contribution in [3.05, 3.63) is 54.4 Å². The zero-order valence-electron chi connectivity index (χ0n) is 13.9. The molecule has 0 aliphatic carbocycles. The van der Waals surface area contributed by atoms with Gasteiger partial charge in [-0.25, -0.2) is 4.98 Å². The van der Waals surface area contributed by atoms with Crippen LogP contribution >= 0.6 is 0 Å². The van der Waals surface area contributed by atoms with Crippen LogP contribution in [0.2, 0.25) is 0 Å². The maximum absolute atomic E-state index is 12.4. The van der Waals surface area contributed by atoms with E-state index in [2.05, 4.69) is 15.0 Å². The molecule has 1 amide bonds. The van der Waals surface area contributed by atoms with Crippen molar-refractivity contribution in [3.63, 3.8) is 0 Å². The molecule has 7 heteroatoms. The van der Waals surface area contributed by atoms with Crippen molar-refractivity contribution in [1.29, 1.82) is 0 Å². The minimum absolute atomic E-state index is 0.0983. The van der Waals surface area contributed by atoms with E-state index in [1.165, 1.54) is 12.4 Å². The Balaban J connectivity index is 1.31. The van der Waals surface area contributed by atoms with E-state index in [-0.39, 0.29) is 17.6 Å². The summed E-state index contributed by atoms with van der Waals surface area (Å²) < 4.78 is 12.0. The van der Waals surface area contributed by atoms with Gasteiger partial charge in [0.25, 0.3) is 5.91 Å². The van der Waals surface area contributed by atoms with Crippen LogP contribution in [0.1, 0.15) is 29.0 Å². The fourth-order valence-electron chi connectivity index (χ4n) is 3.40. The molecule has 4 rings (SSSR count). The second-order valence-corrected chi connectivity index (χ2v) is 6.53. The number of pyridine rings is 1. The largest absolute Gasteiger partial charge is 0.372 e.